The van der Waals surface area contributed by atoms with Crippen molar-refractivity contribution in [2.24, 2.45) is 0 Å². The van der Waals surface area contributed by atoms with E-state index in [1.807, 2.05) is 0 Å². The Morgan fingerprint density at radius 3 is 1.13 bits per heavy atom. The lowest BCUT2D eigenvalue weighted by molar-refractivity contribution is -0.143. The van der Waals surface area contributed by atoms with Crippen LogP contribution in [0.15, 0.2) is 24.3 Å². The number of carbonyl (C=O) groups is 2. The van der Waals surface area contributed by atoms with Crippen LogP contribution in [-0.4, -0.2) is 47.4 Å². The molecule has 0 aromatic rings. The van der Waals surface area contributed by atoms with Gasteiger partial charge in [0, 0.05) is 12.8 Å². The molecule has 0 aromatic carbocycles. The zero-order valence-electron chi connectivity index (χ0n) is 48.0. The first-order valence-electron chi connectivity index (χ1n) is 32.1. The molecule has 0 bridgehead atoms. The first kappa shape index (κ1) is 69.3. The predicted molar refractivity (Wildman–Crippen MR) is 310 cm³/mol. The van der Waals surface area contributed by atoms with Crippen molar-refractivity contribution >= 4 is 11.9 Å². The summed E-state index contributed by atoms with van der Waals surface area (Å²) in [5, 5.41) is 23.4. The fourth-order valence-corrected chi connectivity index (χ4v) is 10.1. The molecule has 0 radical (unpaired) electrons. The van der Waals surface area contributed by atoms with Crippen LogP contribution >= 0.6 is 0 Å². The number of nitrogens with one attached hydrogen (secondary N) is 1. The molecular formula is C65H125NO5. The molecule has 0 heterocycles. The van der Waals surface area contributed by atoms with Crippen molar-refractivity contribution in [3.8, 4) is 0 Å². The number of amides is 1. The second kappa shape index (κ2) is 60.9. The van der Waals surface area contributed by atoms with E-state index in [1.165, 1.54) is 270 Å². The summed E-state index contributed by atoms with van der Waals surface area (Å²) in [4.78, 5) is 24.5. The number of ether oxygens (including phenoxy) is 1. The monoisotopic (exact) mass is 1000 g/mol. The minimum atomic E-state index is -0.665. The minimum absolute atomic E-state index is 0.00153. The largest absolute Gasteiger partial charge is 0.466 e. The highest BCUT2D eigenvalue weighted by Crippen LogP contribution is 2.18. The lowest BCUT2D eigenvalue weighted by atomic mass is 10.0. The third-order valence-corrected chi connectivity index (χ3v) is 15.0. The summed E-state index contributed by atoms with van der Waals surface area (Å²) in [6.07, 6.45) is 74.8. The molecule has 71 heavy (non-hydrogen) atoms. The van der Waals surface area contributed by atoms with Crippen molar-refractivity contribution in [3.63, 3.8) is 0 Å². The van der Waals surface area contributed by atoms with Gasteiger partial charge in [0.25, 0.3) is 0 Å². The van der Waals surface area contributed by atoms with Gasteiger partial charge in [-0.25, -0.2) is 0 Å². The third-order valence-electron chi connectivity index (χ3n) is 15.0. The summed E-state index contributed by atoms with van der Waals surface area (Å²) in [5.41, 5.74) is 0. The highest BCUT2D eigenvalue weighted by Gasteiger charge is 2.20. The maximum atomic E-state index is 12.5. The van der Waals surface area contributed by atoms with Crippen molar-refractivity contribution in [2.75, 3.05) is 13.2 Å². The molecule has 0 saturated carbocycles. The maximum Gasteiger partial charge on any atom is 0.305 e. The standard InChI is InChI=1S/C65H125NO5/c1-3-5-7-9-11-13-15-17-18-19-24-27-30-34-37-41-45-49-53-57-63(68)62(61-67)66-64(69)58-54-50-46-42-38-35-31-28-25-22-20-21-23-26-29-32-36-40-44-48-52-56-60-71-65(70)59-55-51-47-43-39-33-16-14-12-10-8-6-4-2/h8,10,14,16,62-63,67-68H,3-7,9,11-13,15,17-61H2,1-2H3,(H,66,69)/b10-8-,16-14-. The molecule has 0 saturated heterocycles. The Kier molecular flexibility index (Phi) is 59.5. The van der Waals surface area contributed by atoms with Crippen LogP contribution < -0.4 is 5.32 Å². The normalized spacial score (nSPS) is 12.7. The van der Waals surface area contributed by atoms with Crippen molar-refractivity contribution in [2.45, 2.75) is 366 Å². The summed E-state index contributed by atoms with van der Waals surface area (Å²) in [6.45, 7) is 4.91. The predicted octanol–water partition coefficient (Wildman–Crippen LogP) is 20.2. The van der Waals surface area contributed by atoms with Crippen LogP contribution in [-0.2, 0) is 14.3 Å². The van der Waals surface area contributed by atoms with Gasteiger partial charge in [0.15, 0.2) is 0 Å². The van der Waals surface area contributed by atoms with E-state index in [1.54, 1.807) is 0 Å². The molecule has 6 heteroatoms. The van der Waals surface area contributed by atoms with Gasteiger partial charge in [-0.3, -0.25) is 9.59 Å². The highest BCUT2D eigenvalue weighted by molar-refractivity contribution is 5.76. The van der Waals surface area contributed by atoms with Crippen molar-refractivity contribution in [3.05, 3.63) is 24.3 Å². The maximum absolute atomic E-state index is 12.5. The van der Waals surface area contributed by atoms with Crippen LogP contribution in [0.2, 0.25) is 0 Å². The Morgan fingerprint density at radius 1 is 0.394 bits per heavy atom. The van der Waals surface area contributed by atoms with Crippen LogP contribution in [0.5, 0.6) is 0 Å². The van der Waals surface area contributed by atoms with Gasteiger partial charge in [-0.1, -0.05) is 314 Å². The Labute approximate surface area is 443 Å². The summed E-state index contributed by atoms with van der Waals surface area (Å²) in [6, 6.07) is -0.542. The van der Waals surface area contributed by atoms with Crippen LogP contribution in [0.4, 0.5) is 0 Å². The van der Waals surface area contributed by atoms with Gasteiger partial charge < -0.3 is 20.3 Å². The number of hydrogen-bond acceptors (Lipinski definition) is 5. The Balaban J connectivity index is 3.38. The molecule has 0 aliphatic carbocycles. The van der Waals surface area contributed by atoms with Crippen molar-refractivity contribution in [1.82, 2.24) is 5.32 Å². The van der Waals surface area contributed by atoms with Crippen molar-refractivity contribution in [1.29, 1.82) is 0 Å². The van der Waals surface area contributed by atoms with E-state index >= 15 is 0 Å². The topological polar surface area (TPSA) is 95.9 Å². The van der Waals surface area contributed by atoms with Crippen LogP contribution in [0, 0.1) is 0 Å². The molecule has 420 valence electrons. The molecule has 0 aromatic heterocycles. The minimum Gasteiger partial charge on any atom is -0.466 e. The first-order valence-corrected chi connectivity index (χ1v) is 32.1. The van der Waals surface area contributed by atoms with Gasteiger partial charge in [0.05, 0.1) is 25.4 Å². The van der Waals surface area contributed by atoms with Gasteiger partial charge in [-0.05, 0) is 51.4 Å². The lowest BCUT2D eigenvalue weighted by Gasteiger charge is -2.22. The fraction of sp³-hybridized carbons (Fsp3) is 0.908. The number of unbranched alkanes of at least 4 members (excludes halogenated alkanes) is 45. The second-order valence-corrected chi connectivity index (χ2v) is 22.1. The Morgan fingerprint density at radius 2 is 0.732 bits per heavy atom. The molecule has 0 rings (SSSR count). The smallest absolute Gasteiger partial charge is 0.305 e. The zero-order chi connectivity index (χ0) is 51.4. The third kappa shape index (κ3) is 57.5. The Bertz CT molecular complexity index is 1110. The van der Waals surface area contributed by atoms with Gasteiger partial charge in [0.1, 0.15) is 0 Å². The second-order valence-electron chi connectivity index (χ2n) is 22.1. The van der Waals surface area contributed by atoms with Crippen molar-refractivity contribution < 1.29 is 24.5 Å². The van der Waals surface area contributed by atoms with E-state index in [2.05, 4.69) is 43.5 Å². The van der Waals surface area contributed by atoms with Gasteiger partial charge >= 0.3 is 5.97 Å². The van der Waals surface area contributed by atoms with E-state index in [-0.39, 0.29) is 18.5 Å². The van der Waals surface area contributed by atoms with E-state index in [0.717, 1.165) is 51.4 Å². The molecule has 0 fully saturated rings. The van der Waals surface area contributed by atoms with Crippen LogP contribution in [0.25, 0.3) is 0 Å². The van der Waals surface area contributed by atoms with Crippen LogP contribution in [0.3, 0.4) is 0 Å². The molecular weight excluding hydrogens is 875 g/mol. The number of aliphatic hydroxyl groups excluding tert-OH is 2. The first-order chi connectivity index (χ1) is 35.0. The molecule has 0 spiro atoms. The number of allylic oxidation sites excluding steroid dienone is 4. The van der Waals surface area contributed by atoms with Gasteiger partial charge in [-0.2, -0.15) is 0 Å². The highest BCUT2D eigenvalue weighted by atomic mass is 16.5. The van der Waals surface area contributed by atoms with Crippen LogP contribution in [0.1, 0.15) is 354 Å². The lowest BCUT2D eigenvalue weighted by Crippen LogP contribution is -2.45. The zero-order valence-corrected chi connectivity index (χ0v) is 48.0. The summed E-state index contributed by atoms with van der Waals surface area (Å²) >= 11 is 0. The molecule has 0 aliphatic rings. The summed E-state index contributed by atoms with van der Waals surface area (Å²) < 4.78 is 5.47. The number of carbonyl (C=O) groups excluding carboxylic acids is 2. The number of aliphatic hydroxyl groups is 2. The van der Waals surface area contributed by atoms with E-state index in [0.29, 0.717) is 25.9 Å². The fourth-order valence-electron chi connectivity index (χ4n) is 10.1. The number of hydrogen-bond donors (Lipinski definition) is 3. The SMILES string of the molecule is CCC/C=C\C/C=C\CCCCCCCC(=O)OCCCCCCCCCCCCCCCCCCCCCCCCC(=O)NC(CO)C(O)CCCCCCCCCCCCCCCCCCCCC. The molecule has 3 N–H and O–H groups in total. The Hall–Kier alpha value is -1.66. The molecule has 0 aliphatic heterocycles. The average molecular weight is 1000 g/mol. The van der Waals surface area contributed by atoms with E-state index in [9.17, 15) is 19.8 Å². The van der Waals surface area contributed by atoms with Gasteiger partial charge in [0.2, 0.25) is 5.91 Å². The number of rotatable bonds is 60. The molecule has 6 nitrogen and oxygen atoms in total. The molecule has 2 unspecified atom stereocenters. The summed E-state index contributed by atoms with van der Waals surface area (Å²) in [5.74, 6) is -0.0335. The van der Waals surface area contributed by atoms with Gasteiger partial charge in [-0.15, -0.1) is 0 Å². The van der Waals surface area contributed by atoms with E-state index in [4.69, 9.17) is 4.74 Å². The number of esters is 1. The molecule has 2 atom stereocenters. The van der Waals surface area contributed by atoms with E-state index < -0.39 is 12.1 Å². The average Bonchev–Trinajstić information content (AvgIpc) is 3.37. The quantitative estimate of drug-likeness (QED) is 0.0320. The molecule has 1 amide bonds. The summed E-state index contributed by atoms with van der Waals surface area (Å²) in [7, 11) is 0.